The van der Waals surface area contributed by atoms with Crippen molar-refractivity contribution in [2.24, 2.45) is 0 Å². The number of hydrogen-bond donors (Lipinski definition) is 3. The van der Waals surface area contributed by atoms with Gasteiger partial charge in [-0.15, -0.1) is 0 Å². The fourth-order valence-electron chi connectivity index (χ4n) is 1.45. The second-order valence-corrected chi connectivity index (χ2v) is 3.14. The Labute approximate surface area is 85.8 Å². The van der Waals surface area contributed by atoms with E-state index in [0.29, 0.717) is 11.1 Å². The standard InChI is InChI=1S/C11H9NO3/c13-8-3-1-2-7(4-8)9-5-12-6-10(9)11(14)15/h1-6,12-13H,(H,14,15). The maximum Gasteiger partial charge on any atom is 0.337 e. The summed E-state index contributed by atoms with van der Waals surface area (Å²) < 4.78 is 0. The SMILES string of the molecule is O=C(O)c1c[nH]cc1-c1cccc(O)c1. The summed E-state index contributed by atoms with van der Waals surface area (Å²) in [5.74, 6) is -0.875. The van der Waals surface area contributed by atoms with Gasteiger partial charge in [0, 0.05) is 18.0 Å². The Morgan fingerprint density at radius 3 is 2.73 bits per heavy atom. The van der Waals surface area contributed by atoms with E-state index in [1.54, 1.807) is 18.3 Å². The van der Waals surface area contributed by atoms with Crippen LogP contribution in [0.15, 0.2) is 36.7 Å². The highest BCUT2D eigenvalue weighted by atomic mass is 16.4. The zero-order valence-electron chi connectivity index (χ0n) is 7.77. The van der Waals surface area contributed by atoms with E-state index < -0.39 is 5.97 Å². The highest BCUT2D eigenvalue weighted by molar-refractivity contribution is 5.95. The number of phenolic OH excluding ortho intramolecular Hbond substituents is 1. The molecule has 0 aliphatic rings. The molecular weight excluding hydrogens is 194 g/mol. The smallest absolute Gasteiger partial charge is 0.337 e. The largest absolute Gasteiger partial charge is 0.508 e. The highest BCUT2D eigenvalue weighted by Gasteiger charge is 2.12. The summed E-state index contributed by atoms with van der Waals surface area (Å²) in [5.41, 5.74) is 1.44. The van der Waals surface area contributed by atoms with Crippen LogP contribution in [0.1, 0.15) is 10.4 Å². The van der Waals surface area contributed by atoms with Crippen molar-refractivity contribution in [2.75, 3.05) is 0 Å². The molecule has 0 aliphatic carbocycles. The number of carbonyl (C=O) groups is 1. The van der Waals surface area contributed by atoms with E-state index >= 15 is 0 Å². The van der Waals surface area contributed by atoms with Gasteiger partial charge >= 0.3 is 5.97 Å². The average Bonchev–Trinajstić information content (AvgIpc) is 2.65. The minimum Gasteiger partial charge on any atom is -0.508 e. The van der Waals surface area contributed by atoms with Gasteiger partial charge in [0.05, 0.1) is 5.56 Å². The van der Waals surface area contributed by atoms with Gasteiger partial charge in [0.25, 0.3) is 0 Å². The molecule has 76 valence electrons. The van der Waals surface area contributed by atoms with Crippen LogP contribution in [-0.4, -0.2) is 21.2 Å². The Balaban J connectivity index is 2.54. The summed E-state index contributed by atoms with van der Waals surface area (Å²) in [6, 6.07) is 6.48. The topological polar surface area (TPSA) is 73.3 Å². The molecule has 0 spiro atoms. The predicted octanol–water partition coefficient (Wildman–Crippen LogP) is 2.09. The summed E-state index contributed by atoms with van der Waals surface area (Å²) in [5, 5.41) is 18.2. The number of phenols is 1. The van der Waals surface area contributed by atoms with Gasteiger partial charge in [-0.1, -0.05) is 12.1 Å². The van der Waals surface area contributed by atoms with E-state index in [4.69, 9.17) is 5.11 Å². The molecule has 0 amide bonds. The number of hydrogen-bond acceptors (Lipinski definition) is 2. The minimum absolute atomic E-state index is 0.116. The molecule has 0 atom stereocenters. The van der Waals surface area contributed by atoms with Gasteiger partial charge < -0.3 is 15.2 Å². The van der Waals surface area contributed by atoms with Crippen LogP contribution in [0.2, 0.25) is 0 Å². The van der Waals surface area contributed by atoms with Gasteiger partial charge in [-0.3, -0.25) is 0 Å². The van der Waals surface area contributed by atoms with Crippen molar-refractivity contribution >= 4 is 5.97 Å². The van der Waals surface area contributed by atoms with Gasteiger partial charge in [0.15, 0.2) is 0 Å². The summed E-state index contributed by atoms with van der Waals surface area (Å²) in [4.78, 5) is 13.6. The number of carboxylic acids is 1. The zero-order valence-corrected chi connectivity index (χ0v) is 7.77. The molecule has 1 heterocycles. The van der Waals surface area contributed by atoms with Gasteiger partial charge in [-0.05, 0) is 17.7 Å². The maximum atomic E-state index is 10.9. The summed E-state index contributed by atoms with van der Waals surface area (Å²) in [6.07, 6.45) is 3.01. The number of carboxylic acid groups (broad SMARTS) is 1. The lowest BCUT2D eigenvalue weighted by Gasteiger charge is -2.00. The molecule has 4 heteroatoms. The third-order valence-electron chi connectivity index (χ3n) is 2.13. The van der Waals surface area contributed by atoms with E-state index in [1.165, 1.54) is 18.3 Å². The van der Waals surface area contributed by atoms with Crippen molar-refractivity contribution in [3.8, 4) is 16.9 Å². The van der Waals surface area contributed by atoms with Crippen molar-refractivity contribution in [1.82, 2.24) is 4.98 Å². The molecule has 1 aromatic heterocycles. The number of nitrogens with one attached hydrogen (secondary N) is 1. The van der Waals surface area contributed by atoms with E-state index in [9.17, 15) is 9.90 Å². The van der Waals surface area contributed by atoms with Gasteiger partial charge in [0.1, 0.15) is 5.75 Å². The number of aromatic hydroxyl groups is 1. The number of aromatic nitrogens is 1. The lowest BCUT2D eigenvalue weighted by molar-refractivity contribution is 0.0698. The maximum absolute atomic E-state index is 10.9. The molecule has 0 bridgehead atoms. The van der Waals surface area contributed by atoms with Crippen LogP contribution in [0.5, 0.6) is 5.75 Å². The third-order valence-corrected chi connectivity index (χ3v) is 2.13. The first-order valence-electron chi connectivity index (χ1n) is 4.38. The number of H-pyrrole nitrogens is 1. The molecule has 0 radical (unpaired) electrons. The van der Waals surface area contributed by atoms with Crippen LogP contribution in [0.3, 0.4) is 0 Å². The van der Waals surface area contributed by atoms with Crippen molar-refractivity contribution in [1.29, 1.82) is 0 Å². The van der Waals surface area contributed by atoms with Crippen molar-refractivity contribution in [2.45, 2.75) is 0 Å². The first-order valence-corrected chi connectivity index (χ1v) is 4.38. The lowest BCUT2D eigenvalue weighted by Crippen LogP contribution is -1.95. The quantitative estimate of drug-likeness (QED) is 0.699. The lowest BCUT2D eigenvalue weighted by atomic mass is 10.0. The summed E-state index contributed by atoms with van der Waals surface area (Å²) in [7, 11) is 0. The average molecular weight is 203 g/mol. The van der Waals surface area contributed by atoms with Crippen LogP contribution in [0.4, 0.5) is 0 Å². The fourth-order valence-corrected chi connectivity index (χ4v) is 1.45. The van der Waals surface area contributed by atoms with E-state index in [-0.39, 0.29) is 11.3 Å². The Hall–Kier alpha value is -2.23. The number of aromatic carboxylic acids is 1. The van der Waals surface area contributed by atoms with Crippen LogP contribution >= 0.6 is 0 Å². The Morgan fingerprint density at radius 2 is 2.07 bits per heavy atom. The van der Waals surface area contributed by atoms with E-state index in [1.807, 2.05) is 0 Å². The van der Waals surface area contributed by atoms with Crippen molar-refractivity contribution in [3.05, 3.63) is 42.2 Å². The minimum atomic E-state index is -0.991. The first kappa shape index (κ1) is 9.33. The van der Waals surface area contributed by atoms with Crippen molar-refractivity contribution < 1.29 is 15.0 Å². The van der Waals surface area contributed by atoms with Crippen LogP contribution in [-0.2, 0) is 0 Å². The van der Waals surface area contributed by atoms with Gasteiger partial charge in [-0.2, -0.15) is 0 Å². The first-order chi connectivity index (χ1) is 7.18. The van der Waals surface area contributed by atoms with Crippen LogP contribution < -0.4 is 0 Å². The third kappa shape index (κ3) is 1.69. The monoisotopic (exact) mass is 203 g/mol. The van der Waals surface area contributed by atoms with E-state index in [0.717, 1.165) is 0 Å². The molecule has 0 fully saturated rings. The zero-order chi connectivity index (χ0) is 10.8. The highest BCUT2D eigenvalue weighted by Crippen LogP contribution is 2.26. The molecule has 0 aliphatic heterocycles. The molecule has 0 saturated carbocycles. The molecule has 4 nitrogen and oxygen atoms in total. The molecule has 0 unspecified atom stereocenters. The predicted molar refractivity (Wildman–Crippen MR) is 54.9 cm³/mol. The molecule has 0 saturated heterocycles. The van der Waals surface area contributed by atoms with Crippen LogP contribution in [0, 0.1) is 0 Å². The van der Waals surface area contributed by atoms with Crippen LogP contribution in [0.25, 0.3) is 11.1 Å². The normalized spacial score (nSPS) is 10.1. The molecule has 15 heavy (non-hydrogen) atoms. The molecule has 3 N–H and O–H groups in total. The second kappa shape index (κ2) is 3.49. The number of rotatable bonds is 2. The molecular formula is C11H9NO3. The molecule has 2 rings (SSSR count). The Morgan fingerprint density at radius 1 is 1.27 bits per heavy atom. The summed E-state index contributed by atoms with van der Waals surface area (Å²) >= 11 is 0. The van der Waals surface area contributed by atoms with E-state index in [2.05, 4.69) is 4.98 Å². The number of benzene rings is 1. The Bertz CT molecular complexity index is 502. The molecule has 2 aromatic rings. The fraction of sp³-hybridized carbons (Fsp3) is 0. The van der Waals surface area contributed by atoms with Crippen molar-refractivity contribution in [3.63, 3.8) is 0 Å². The van der Waals surface area contributed by atoms with Gasteiger partial charge in [-0.25, -0.2) is 4.79 Å². The molecule has 1 aromatic carbocycles. The number of aromatic amines is 1. The van der Waals surface area contributed by atoms with Gasteiger partial charge in [0.2, 0.25) is 0 Å². The second-order valence-electron chi connectivity index (χ2n) is 3.14. The summed E-state index contributed by atoms with van der Waals surface area (Å²) in [6.45, 7) is 0. The Kier molecular flexibility index (Phi) is 2.17.